The third-order valence-electron chi connectivity index (χ3n) is 2.17. The molecule has 0 fully saturated rings. The number of primary sulfonamides is 1. The Morgan fingerprint density at radius 2 is 1.80 bits per heavy atom. The van der Waals surface area contributed by atoms with Crippen molar-refractivity contribution in [2.24, 2.45) is 5.14 Å². The molecule has 0 aliphatic carbocycles. The molecule has 15 heavy (non-hydrogen) atoms. The first-order valence-corrected chi connectivity index (χ1v) is 5.88. The smallest absolute Gasteiger partial charge is 0.214 e. The number of hydrogen-bond donors (Lipinski definition) is 2. The Bertz CT molecular complexity index is 429. The zero-order valence-corrected chi connectivity index (χ0v) is 8.91. The van der Waals surface area contributed by atoms with Crippen molar-refractivity contribution >= 4 is 10.0 Å². The topological polar surface area (TPSA) is 80.4 Å². The van der Waals surface area contributed by atoms with Gasteiger partial charge in [0.25, 0.3) is 0 Å². The van der Waals surface area contributed by atoms with Gasteiger partial charge in [0.1, 0.15) is 11.1 Å². The van der Waals surface area contributed by atoms with E-state index < -0.39 is 27.2 Å². The molecule has 1 aromatic carbocycles. The van der Waals surface area contributed by atoms with Gasteiger partial charge in [-0.05, 0) is 24.6 Å². The minimum atomic E-state index is -3.80. The summed E-state index contributed by atoms with van der Waals surface area (Å²) in [7, 11) is -3.80. The molecule has 2 atom stereocenters. The largest absolute Gasteiger partial charge is 0.387 e. The molecule has 4 nitrogen and oxygen atoms in total. The second-order valence-corrected chi connectivity index (χ2v) is 5.21. The number of halogens is 1. The molecule has 0 saturated carbocycles. The Kier molecular flexibility index (Phi) is 3.43. The number of sulfonamides is 1. The molecular formula is C9H12FNO3S. The van der Waals surface area contributed by atoms with Gasteiger partial charge in [0.05, 0.1) is 6.10 Å². The second-order valence-electron chi connectivity index (χ2n) is 3.29. The highest BCUT2D eigenvalue weighted by Crippen LogP contribution is 2.20. The van der Waals surface area contributed by atoms with Gasteiger partial charge < -0.3 is 5.11 Å². The average molecular weight is 233 g/mol. The lowest BCUT2D eigenvalue weighted by atomic mass is 10.1. The molecule has 0 heterocycles. The van der Waals surface area contributed by atoms with Crippen LogP contribution in [-0.4, -0.2) is 18.8 Å². The SMILES string of the molecule is C[C@@H]([C@H](O)c1ccc(F)cc1)S(N)(=O)=O. The summed E-state index contributed by atoms with van der Waals surface area (Å²) in [5.74, 6) is -0.450. The van der Waals surface area contributed by atoms with E-state index in [1.165, 1.54) is 19.1 Å². The molecule has 3 N–H and O–H groups in total. The maximum Gasteiger partial charge on any atom is 0.214 e. The van der Waals surface area contributed by atoms with Gasteiger partial charge >= 0.3 is 0 Å². The number of nitrogens with two attached hydrogens (primary N) is 1. The van der Waals surface area contributed by atoms with Crippen molar-refractivity contribution in [3.63, 3.8) is 0 Å². The van der Waals surface area contributed by atoms with E-state index in [9.17, 15) is 17.9 Å². The highest BCUT2D eigenvalue weighted by atomic mass is 32.2. The van der Waals surface area contributed by atoms with Gasteiger partial charge in [-0.25, -0.2) is 17.9 Å². The Morgan fingerprint density at radius 3 is 2.20 bits per heavy atom. The van der Waals surface area contributed by atoms with Crippen LogP contribution in [0.25, 0.3) is 0 Å². The van der Waals surface area contributed by atoms with Crippen molar-refractivity contribution < 1.29 is 17.9 Å². The normalized spacial score (nSPS) is 16.0. The van der Waals surface area contributed by atoms with E-state index in [2.05, 4.69) is 0 Å². The van der Waals surface area contributed by atoms with Crippen molar-refractivity contribution in [3.05, 3.63) is 35.6 Å². The molecule has 0 unspecified atom stereocenters. The summed E-state index contributed by atoms with van der Waals surface area (Å²) in [6.45, 7) is 1.29. The fourth-order valence-corrected chi connectivity index (χ4v) is 1.63. The summed E-state index contributed by atoms with van der Waals surface area (Å²) in [6, 6.07) is 4.94. The van der Waals surface area contributed by atoms with Gasteiger partial charge in [-0.3, -0.25) is 0 Å². The lowest BCUT2D eigenvalue weighted by Crippen LogP contribution is -2.31. The lowest BCUT2D eigenvalue weighted by molar-refractivity contribution is 0.176. The Hall–Kier alpha value is -0.980. The average Bonchev–Trinajstić information content (AvgIpc) is 2.15. The minimum Gasteiger partial charge on any atom is -0.387 e. The molecule has 0 aliphatic heterocycles. The molecule has 1 rings (SSSR count). The highest BCUT2D eigenvalue weighted by Gasteiger charge is 2.25. The Balaban J connectivity index is 2.95. The summed E-state index contributed by atoms with van der Waals surface area (Å²) in [5, 5.41) is 13.4. The first-order valence-electron chi connectivity index (χ1n) is 4.27. The third-order valence-corrected chi connectivity index (χ3v) is 3.47. The fraction of sp³-hybridized carbons (Fsp3) is 0.333. The maximum absolute atomic E-state index is 12.6. The Labute approximate surface area is 87.6 Å². The van der Waals surface area contributed by atoms with Crippen LogP contribution in [0, 0.1) is 5.82 Å². The van der Waals surface area contributed by atoms with E-state index in [1.54, 1.807) is 0 Å². The van der Waals surface area contributed by atoms with Crippen LogP contribution in [0.15, 0.2) is 24.3 Å². The van der Waals surface area contributed by atoms with Crippen molar-refractivity contribution in [2.45, 2.75) is 18.3 Å². The molecule has 0 spiro atoms. The third kappa shape index (κ3) is 2.98. The Morgan fingerprint density at radius 1 is 1.33 bits per heavy atom. The molecule has 0 amide bonds. The van der Waals surface area contributed by atoms with Crippen LogP contribution in [0.2, 0.25) is 0 Å². The van der Waals surface area contributed by atoms with Gasteiger partial charge in [-0.1, -0.05) is 12.1 Å². The molecule has 84 valence electrons. The van der Waals surface area contributed by atoms with Crippen LogP contribution < -0.4 is 5.14 Å². The molecule has 6 heteroatoms. The van der Waals surface area contributed by atoms with Gasteiger partial charge in [0.2, 0.25) is 10.0 Å². The molecular weight excluding hydrogens is 221 g/mol. The van der Waals surface area contributed by atoms with Crippen LogP contribution in [-0.2, 0) is 10.0 Å². The van der Waals surface area contributed by atoms with E-state index in [0.717, 1.165) is 12.1 Å². The first-order chi connectivity index (χ1) is 6.82. The number of benzene rings is 1. The predicted molar refractivity (Wildman–Crippen MR) is 53.9 cm³/mol. The van der Waals surface area contributed by atoms with Crippen molar-refractivity contribution in [2.75, 3.05) is 0 Å². The van der Waals surface area contributed by atoms with Crippen LogP contribution in [0.3, 0.4) is 0 Å². The van der Waals surface area contributed by atoms with Gasteiger partial charge in [-0.2, -0.15) is 0 Å². The minimum absolute atomic E-state index is 0.318. The lowest BCUT2D eigenvalue weighted by Gasteiger charge is -2.16. The summed E-state index contributed by atoms with van der Waals surface area (Å²) < 4.78 is 34.5. The van der Waals surface area contributed by atoms with Crippen LogP contribution >= 0.6 is 0 Å². The number of aliphatic hydroxyl groups excluding tert-OH is 1. The molecule has 1 aromatic rings. The predicted octanol–water partition coefficient (Wildman–Crippen LogP) is 0.536. The van der Waals surface area contributed by atoms with Crippen molar-refractivity contribution in [1.82, 2.24) is 0 Å². The van der Waals surface area contributed by atoms with Gasteiger partial charge in [0, 0.05) is 0 Å². The van der Waals surface area contributed by atoms with Crippen molar-refractivity contribution in [1.29, 1.82) is 0 Å². The van der Waals surface area contributed by atoms with Gasteiger partial charge in [0.15, 0.2) is 0 Å². The quantitative estimate of drug-likeness (QED) is 0.799. The van der Waals surface area contributed by atoms with Crippen LogP contribution in [0.5, 0.6) is 0 Å². The molecule has 0 aliphatic rings. The second kappa shape index (κ2) is 4.26. The molecule has 0 aromatic heterocycles. The monoisotopic (exact) mass is 233 g/mol. The standard InChI is InChI=1S/C9H12FNO3S/c1-6(15(11,13)14)9(12)7-2-4-8(10)5-3-7/h2-6,9,12H,1H3,(H2,11,13,14)/t6-,9-/m0/s1. The number of hydrogen-bond acceptors (Lipinski definition) is 3. The van der Waals surface area contributed by atoms with E-state index >= 15 is 0 Å². The summed E-state index contributed by atoms with van der Waals surface area (Å²) in [4.78, 5) is 0. The zero-order chi connectivity index (χ0) is 11.6. The van der Waals surface area contributed by atoms with Gasteiger partial charge in [-0.15, -0.1) is 0 Å². The fourth-order valence-electron chi connectivity index (χ4n) is 1.11. The molecule has 0 saturated heterocycles. The summed E-state index contributed by atoms with van der Waals surface area (Å²) in [6.07, 6.45) is -1.25. The molecule has 0 bridgehead atoms. The highest BCUT2D eigenvalue weighted by molar-refractivity contribution is 7.89. The maximum atomic E-state index is 12.6. The number of rotatable bonds is 3. The van der Waals surface area contributed by atoms with Crippen LogP contribution in [0.4, 0.5) is 4.39 Å². The summed E-state index contributed by atoms with van der Waals surface area (Å²) in [5.41, 5.74) is 0.318. The first kappa shape index (κ1) is 12.1. The number of aliphatic hydroxyl groups is 1. The van der Waals surface area contributed by atoms with E-state index in [4.69, 9.17) is 5.14 Å². The zero-order valence-electron chi connectivity index (χ0n) is 8.09. The van der Waals surface area contributed by atoms with E-state index in [-0.39, 0.29) is 0 Å². The van der Waals surface area contributed by atoms with Crippen LogP contribution in [0.1, 0.15) is 18.6 Å². The van der Waals surface area contributed by atoms with E-state index in [1.807, 2.05) is 0 Å². The molecule has 0 radical (unpaired) electrons. The van der Waals surface area contributed by atoms with Crippen molar-refractivity contribution in [3.8, 4) is 0 Å². The van der Waals surface area contributed by atoms with E-state index in [0.29, 0.717) is 5.56 Å². The summed E-state index contributed by atoms with van der Waals surface area (Å²) >= 11 is 0.